The normalized spacial score (nSPS) is 25.2. The molecule has 34 heavy (non-hydrogen) atoms. The van der Waals surface area contributed by atoms with Crippen LogP contribution in [0.2, 0.25) is 0 Å². The first-order valence-corrected chi connectivity index (χ1v) is 12.6. The van der Waals surface area contributed by atoms with Crippen LogP contribution in [0.4, 0.5) is 0 Å². The van der Waals surface area contributed by atoms with Crippen LogP contribution in [0.25, 0.3) is 0 Å². The maximum Gasteiger partial charge on any atom is 0.180 e. The molecule has 0 fully saturated rings. The zero-order chi connectivity index (χ0) is 25.1. The molecule has 3 rings (SSSR count). The average molecular weight is 458 g/mol. The third-order valence-electron chi connectivity index (χ3n) is 5.64. The van der Waals surface area contributed by atoms with Gasteiger partial charge in [0.25, 0.3) is 0 Å². The van der Waals surface area contributed by atoms with Gasteiger partial charge in [0.15, 0.2) is 6.29 Å². The molecular weight excluding hydrogens is 414 g/mol. The van der Waals surface area contributed by atoms with Crippen molar-refractivity contribution in [3.63, 3.8) is 0 Å². The van der Waals surface area contributed by atoms with Crippen molar-refractivity contribution in [2.24, 2.45) is 10.9 Å². The molecule has 0 bridgehead atoms. The predicted molar refractivity (Wildman–Crippen MR) is 150 cm³/mol. The Morgan fingerprint density at radius 3 is 2.50 bits per heavy atom. The molecule has 2 heterocycles. The van der Waals surface area contributed by atoms with Gasteiger partial charge in [0.05, 0.1) is 6.04 Å². The summed E-state index contributed by atoms with van der Waals surface area (Å²) in [5, 5.41) is 3.72. The lowest BCUT2D eigenvalue weighted by atomic mass is 10.0. The highest BCUT2D eigenvalue weighted by atomic mass is 15.4. The van der Waals surface area contributed by atoms with Crippen LogP contribution < -0.4 is 5.32 Å². The number of nitrogens with zero attached hydrogens (tertiary/aromatic N) is 2. The maximum absolute atomic E-state index is 4.91. The molecule has 2 aliphatic rings. The van der Waals surface area contributed by atoms with Gasteiger partial charge in [0, 0.05) is 24.0 Å². The Bertz CT molecular complexity index is 999. The maximum atomic E-state index is 4.91. The summed E-state index contributed by atoms with van der Waals surface area (Å²) in [7, 11) is 0. The Hall–Kier alpha value is -2.91. The monoisotopic (exact) mass is 457 g/mol. The molecule has 0 saturated carbocycles. The first-order valence-electron chi connectivity index (χ1n) is 12.6. The van der Waals surface area contributed by atoms with E-state index in [9.17, 15) is 0 Å². The van der Waals surface area contributed by atoms with Gasteiger partial charge in [-0.25, -0.2) is 0 Å². The van der Waals surface area contributed by atoms with Gasteiger partial charge < -0.3 is 4.90 Å². The molecule has 3 unspecified atom stereocenters. The van der Waals surface area contributed by atoms with Gasteiger partial charge in [-0.15, -0.1) is 0 Å². The van der Waals surface area contributed by atoms with Crippen LogP contribution in [0, 0.1) is 12.8 Å². The van der Waals surface area contributed by atoms with Crippen LogP contribution in [0.15, 0.2) is 101 Å². The van der Waals surface area contributed by atoms with Gasteiger partial charge in [-0.3, -0.25) is 10.3 Å². The van der Waals surface area contributed by atoms with Crippen molar-refractivity contribution in [2.45, 2.75) is 73.6 Å². The van der Waals surface area contributed by atoms with Crippen LogP contribution in [0.1, 0.15) is 71.6 Å². The fourth-order valence-corrected chi connectivity index (χ4v) is 4.12. The van der Waals surface area contributed by atoms with Gasteiger partial charge in [0.1, 0.15) is 0 Å². The summed E-state index contributed by atoms with van der Waals surface area (Å²) >= 11 is 0. The number of rotatable bonds is 4. The van der Waals surface area contributed by atoms with Gasteiger partial charge in [-0.05, 0) is 57.2 Å². The molecule has 3 atom stereocenters. The lowest BCUT2D eigenvalue weighted by Gasteiger charge is -2.34. The second kappa shape index (κ2) is 13.7. The minimum Gasteiger partial charge on any atom is -0.310 e. The summed E-state index contributed by atoms with van der Waals surface area (Å²) in [5.41, 5.74) is 7.19. The quantitative estimate of drug-likeness (QED) is 0.462. The lowest BCUT2D eigenvalue weighted by Crippen LogP contribution is -2.41. The Labute approximate surface area is 208 Å². The van der Waals surface area contributed by atoms with E-state index in [1.54, 1.807) is 0 Å². The molecule has 3 heteroatoms. The molecule has 0 saturated heterocycles. The molecule has 1 N–H and O–H groups in total. The number of benzene rings is 1. The smallest absolute Gasteiger partial charge is 0.180 e. The highest BCUT2D eigenvalue weighted by molar-refractivity contribution is 5.69. The highest BCUT2D eigenvalue weighted by Crippen LogP contribution is 2.30. The minimum absolute atomic E-state index is 0.0828. The Balaban J connectivity index is 0.00000199. The number of aryl methyl sites for hydroxylation is 1. The Kier molecular flexibility index (Phi) is 11.0. The minimum atomic E-state index is -0.200. The van der Waals surface area contributed by atoms with Gasteiger partial charge >= 0.3 is 0 Å². The van der Waals surface area contributed by atoms with Crippen molar-refractivity contribution in [1.82, 2.24) is 10.2 Å². The number of aliphatic imine (C=N–C) groups is 1. The van der Waals surface area contributed by atoms with E-state index in [2.05, 4.69) is 118 Å². The Morgan fingerprint density at radius 2 is 1.85 bits per heavy atom. The fraction of sp³-hybridized carbons (Fsp3) is 0.387. The number of nitrogens with one attached hydrogen (secondary N) is 1. The molecule has 0 amide bonds. The summed E-state index contributed by atoms with van der Waals surface area (Å²) in [6.45, 7) is 19.2. The first kappa shape index (κ1) is 27.3. The molecule has 3 nitrogen and oxygen atoms in total. The van der Waals surface area contributed by atoms with E-state index in [0.717, 1.165) is 24.2 Å². The van der Waals surface area contributed by atoms with E-state index >= 15 is 0 Å². The van der Waals surface area contributed by atoms with Crippen LogP contribution in [-0.2, 0) is 0 Å². The van der Waals surface area contributed by atoms with E-state index < -0.39 is 0 Å². The predicted octanol–water partition coefficient (Wildman–Crippen LogP) is 8.17. The Morgan fingerprint density at radius 1 is 1.15 bits per heavy atom. The topological polar surface area (TPSA) is 27.6 Å². The summed E-state index contributed by atoms with van der Waals surface area (Å²) in [4.78, 5) is 7.19. The molecule has 0 aromatic heterocycles. The number of allylic oxidation sites excluding steroid dienone is 9. The molecule has 1 aromatic carbocycles. The molecule has 1 aromatic rings. The van der Waals surface area contributed by atoms with Crippen molar-refractivity contribution in [3.8, 4) is 0 Å². The molecule has 182 valence electrons. The van der Waals surface area contributed by atoms with Gasteiger partial charge in [-0.1, -0.05) is 99.2 Å². The standard InChI is InChI=1S/C29H37N3.C2H6/c1-7-11-25-16-9-13-22(4)12-8-15-24(6)32(28(25)18-21(2)3)29-30-20-27(31-29)26-17-10-14-23(5)19-26;1-2/h7-14,17-20,22,27,29,31H,6,15-16H2,1-5H3;1-2H3/b11-7?,12-8?,13-9?,28-25-;. The SMILES string of the molecule is C=C1CC=CC(C)C=CC/C(C=CC)=C(/C=C(C)C)N1C1N=CC(c2cccc(C)c2)N1.CC. The summed E-state index contributed by atoms with van der Waals surface area (Å²) in [5.74, 6) is 0.404. The molecule has 2 aliphatic heterocycles. The van der Waals surface area contributed by atoms with Crippen LogP contribution in [0.3, 0.4) is 0 Å². The first-order chi connectivity index (χ1) is 16.4. The van der Waals surface area contributed by atoms with Crippen LogP contribution in [0.5, 0.6) is 0 Å². The van der Waals surface area contributed by atoms with E-state index in [1.807, 2.05) is 20.1 Å². The average Bonchev–Trinajstić information content (AvgIpc) is 3.28. The summed E-state index contributed by atoms with van der Waals surface area (Å²) in [6.07, 6.45) is 19.1. The molecule has 0 aliphatic carbocycles. The third kappa shape index (κ3) is 7.56. The largest absolute Gasteiger partial charge is 0.310 e. The lowest BCUT2D eigenvalue weighted by molar-refractivity contribution is 0.282. The zero-order valence-corrected chi connectivity index (χ0v) is 22.2. The zero-order valence-electron chi connectivity index (χ0n) is 22.2. The third-order valence-corrected chi connectivity index (χ3v) is 5.64. The van der Waals surface area contributed by atoms with Crippen molar-refractivity contribution < 1.29 is 0 Å². The molecular formula is C31H43N3. The molecule has 0 radical (unpaired) electrons. The van der Waals surface area contributed by atoms with Gasteiger partial charge in [0.2, 0.25) is 0 Å². The van der Waals surface area contributed by atoms with E-state index in [0.29, 0.717) is 5.92 Å². The van der Waals surface area contributed by atoms with Crippen molar-refractivity contribution in [1.29, 1.82) is 0 Å². The number of hydrogen-bond acceptors (Lipinski definition) is 3. The molecule has 0 spiro atoms. The second-order valence-corrected chi connectivity index (χ2v) is 8.92. The highest BCUT2D eigenvalue weighted by Gasteiger charge is 2.29. The van der Waals surface area contributed by atoms with E-state index in [-0.39, 0.29) is 12.3 Å². The van der Waals surface area contributed by atoms with Crippen molar-refractivity contribution >= 4 is 6.21 Å². The van der Waals surface area contributed by atoms with Gasteiger partial charge in [-0.2, -0.15) is 0 Å². The van der Waals surface area contributed by atoms with Crippen molar-refractivity contribution in [2.75, 3.05) is 0 Å². The van der Waals surface area contributed by atoms with Crippen molar-refractivity contribution in [3.05, 3.63) is 107 Å². The van der Waals surface area contributed by atoms with E-state index in [4.69, 9.17) is 4.99 Å². The van der Waals surface area contributed by atoms with Crippen LogP contribution in [-0.4, -0.2) is 17.4 Å². The second-order valence-electron chi connectivity index (χ2n) is 8.92. The van der Waals surface area contributed by atoms with E-state index in [1.165, 1.54) is 22.3 Å². The summed E-state index contributed by atoms with van der Waals surface area (Å²) < 4.78 is 0. The fourth-order valence-electron chi connectivity index (χ4n) is 4.12. The number of hydrogen-bond donors (Lipinski definition) is 1. The van der Waals surface area contributed by atoms with Crippen LogP contribution >= 0.6 is 0 Å². The summed E-state index contributed by atoms with van der Waals surface area (Å²) in [6, 6.07) is 8.70.